The topological polar surface area (TPSA) is 68.7 Å². The number of hydrogen-bond acceptors (Lipinski definition) is 5. The van der Waals surface area contributed by atoms with Crippen molar-refractivity contribution in [2.75, 3.05) is 18.1 Å². The number of fused-ring (bicyclic) bond motifs is 1. The zero-order valence-corrected chi connectivity index (χ0v) is 12.1. The second-order valence-electron chi connectivity index (χ2n) is 5.58. The van der Waals surface area contributed by atoms with E-state index in [0.717, 1.165) is 0 Å². The number of carbonyl (C=O) groups excluding carboxylic acids is 2. The fourth-order valence-corrected chi connectivity index (χ4v) is 1.79. The molecule has 0 bridgehead atoms. The van der Waals surface area contributed by atoms with Crippen molar-refractivity contribution in [3.63, 3.8) is 0 Å². The van der Waals surface area contributed by atoms with Crippen LogP contribution < -0.4 is 9.64 Å². The Morgan fingerprint density at radius 2 is 2.10 bits per heavy atom. The molecule has 0 atom stereocenters. The Labute approximate surface area is 117 Å². The van der Waals surface area contributed by atoms with Crippen molar-refractivity contribution >= 4 is 17.7 Å². The molecule has 0 saturated heterocycles. The van der Waals surface area contributed by atoms with Gasteiger partial charge in [0, 0.05) is 11.8 Å². The molecule has 1 aromatic heterocycles. The Hall–Kier alpha value is -2.11. The molecule has 0 unspecified atom stereocenters. The van der Waals surface area contributed by atoms with Crippen molar-refractivity contribution in [3.05, 3.63) is 17.8 Å². The molecular weight excluding hydrogens is 260 g/mol. The number of nitrogens with zero attached hydrogens (tertiary/aromatic N) is 2. The lowest BCUT2D eigenvalue weighted by Crippen LogP contribution is -2.42. The van der Waals surface area contributed by atoms with Crippen molar-refractivity contribution in [2.24, 2.45) is 0 Å². The minimum absolute atomic E-state index is 0.0988. The molecule has 20 heavy (non-hydrogen) atoms. The van der Waals surface area contributed by atoms with Gasteiger partial charge in [0.25, 0.3) is 0 Å². The first-order valence-electron chi connectivity index (χ1n) is 6.42. The van der Waals surface area contributed by atoms with E-state index in [0.29, 0.717) is 30.3 Å². The van der Waals surface area contributed by atoms with E-state index in [-0.39, 0.29) is 5.78 Å². The van der Waals surface area contributed by atoms with E-state index in [9.17, 15) is 9.59 Å². The highest BCUT2D eigenvalue weighted by Gasteiger charge is 2.29. The molecule has 0 aliphatic carbocycles. The van der Waals surface area contributed by atoms with Crippen LogP contribution in [0.2, 0.25) is 0 Å². The van der Waals surface area contributed by atoms with Crippen molar-refractivity contribution in [3.8, 4) is 5.75 Å². The molecule has 108 valence electrons. The summed E-state index contributed by atoms with van der Waals surface area (Å²) in [5, 5.41) is 0. The third-order valence-electron chi connectivity index (χ3n) is 2.68. The van der Waals surface area contributed by atoms with Gasteiger partial charge in [0.05, 0.1) is 6.54 Å². The predicted molar refractivity (Wildman–Crippen MR) is 73.3 cm³/mol. The second-order valence-corrected chi connectivity index (χ2v) is 5.58. The van der Waals surface area contributed by atoms with Crippen LogP contribution in [0.1, 0.15) is 38.1 Å². The summed E-state index contributed by atoms with van der Waals surface area (Å²) in [5.74, 6) is 0.712. The molecule has 0 spiro atoms. The number of pyridine rings is 1. The summed E-state index contributed by atoms with van der Waals surface area (Å²) in [7, 11) is 0. The highest BCUT2D eigenvalue weighted by atomic mass is 16.6. The van der Waals surface area contributed by atoms with E-state index < -0.39 is 11.7 Å². The number of hydrogen-bond donors (Lipinski definition) is 0. The maximum Gasteiger partial charge on any atom is 0.416 e. The Bertz CT molecular complexity index is 549. The highest BCUT2D eigenvalue weighted by molar-refractivity contribution is 5.95. The lowest BCUT2D eigenvalue weighted by atomic mass is 10.2. The van der Waals surface area contributed by atoms with E-state index >= 15 is 0 Å². The first-order valence-corrected chi connectivity index (χ1v) is 6.42. The Balaban J connectivity index is 2.29. The number of anilines is 1. The minimum Gasteiger partial charge on any atom is -0.488 e. The molecule has 2 heterocycles. The molecule has 2 rings (SSSR count). The number of ketones is 1. The molecule has 0 radical (unpaired) electrons. The van der Waals surface area contributed by atoms with Gasteiger partial charge in [0.1, 0.15) is 12.2 Å². The normalized spacial score (nSPS) is 14.3. The quantitative estimate of drug-likeness (QED) is 0.738. The summed E-state index contributed by atoms with van der Waals surface area (Å²) < 4.78 is 10.8. The fourth-order valence-electron chi connectivity index (χ4n) is 1.79. The van der Waals surface area contributed by atoms with Gasteiger partial charge in [0.2, 0.25) is 0 Å². The molecule has 0 fully saturated rings. The number of ether oxygens (including phenoxy) is 2. The van der Waals surface area contributed by atoms with Crippen LogP contribution in [0, 0.1) is 0 Å². The average Bonchev–Trinajstić information content (AvgIpc) is 2.35. The molecule has 0 saturated carbocycles. The van der Waals surface area contributed by atoms with Gasteiger partial charge in [-0.05, 0) is 33.8 Å². The molecule has 1 aromatic rings. The van der Waals surface area contributed by atoms with Crippen molar-refractivity contribution in [2.45, 2.75) is 33.3 Å². The summed E-state index contributed by atoms with van der Waals surface area (Å²) in [4.78, 5) is 29.0. The standard InChI is InChI=1S/C14H18N2O4/c1-9(17)10-7-11-12(15-8-10)16(5-6-19-11)13(18)20-14(2,3)4/h7-8H,5-6H2,1-4H3. The lowest BCUT2D eigenvalue weighted by molar-refractivity contribution is 0.0566. The number of Topliss-reactive ketones (excluding diaryl/α,β-unsaturated/α-hetero) is 1. The van der Waals surface area contributed by atoms with E-state index in [1.165, 1.54) is 18.0 Å². The molecule has 0 N–H and O–H groups in total. The maximum absolute atomic E-state index is 12.1. The largest absolute Gasteiger partial charge is 0.488 e. The number of amides is 1. The Kier molecular flexibility index (Phi) is 3.65. The van der Waals surface area contributed by atoms with Crippen molar-refractivity contribution in [1.82, 2.24) is 4.98 Å². The van der Waals surface area contributed by atoms with E-state index in [4.69, 9.17) is 9.47 Å². The molecule has 1 aliphatic rings. The molecule has 1 aliphatic heterocycles. The van der Waals surface area contributed by atoms with Crippen LogP contribution in [0.5, 0.6) is 5.75 Å². The van der Waals surface area contributed by atoms with Crippen LogP contribution in [-0.4, -0.2) is 35.6 Å². The molecule has 0 aromatic carbocycles. The summed E-state index contributed by atoms with van der Waals surface area (Å²) in [5.41, 5.74) is -0.121. The zero-order valence-electron chi connectivity index (χ0n) is 12.1. The summed E-state index contributed by atoms with van der Waals surface area (Å²) in [6.45, 7) is 7.58. The van der Waals surface area contributed by atoms with Gasteiger partial charge in [-0.2, -0.15) is 0 Å². The summed E-state index contributed by atoms with van der Waals surface area (Å²) in [6.07, 6.45) is 0.970. The van der Waals surface area contributed by atoms with Gasteiger partial charge >= 0.3 is 6.09 Å². The van der Waals surface area contributed by atoms with Crippen LogP contribution in [0.4, 0.5) is 10.6 Å². The first kappa shape index (κ1) is 14.3. The fraction of sp³-hybridized carbons (Fsp3) is 0.500. The zero-order chi connectivity index (χ0) is 14.9. The van der Waals surface area contributed by atoms with Gasteiger partial charge in [0.15, 0.2) is 17.4 Å². The van der Waals surface area contributed by atoms with Crippen LogP contribution in [-0.2, 0) is 4.74 Å². The van der Waals surface area contributed by atoms with E-state index in [1.807, 2.05) is 0 Å². The third kappa shape index (κ3) is 3.07. The predicted octanol–water partition coefficient (Wildman–Crippen LogP) is 2.42. The number of rotatable bonds is 1. The van der Waals surface area contributed by atoms with Gasteiger partial charge in [-0.25, -0.2) is 9.78 Å². The van der Waals surface area contributed by atoms with E-state index in [1.54, 1.807) is 26.8 Å². The second kappa shape index (κ2) is 5.11. The van der Waals surface area contributed by atoms with Crippen LogP contribution in [0.15, 0.2) is 12.3 Å². The number of carbonyl (C=O) groups is 2. The average molecular weight is 278 g/mol. The van der Waals surface area contributed by atoms with Crippen LogP contribution in [0.25, 0.3) is 0 Å². The summed E-state index contributed by atoms with van der Waals surface area (Å²) in [6, 6.07) is 1.60. The molecular formula is C14H18N2O4. The van der Waals surface area contributed by atoms with Crippen LogP contribution in [0.3, 0.4) is 0 Å². The monoisotopic (exact) mass is 278 g/mol. The molecule has 1 amide bonds. The Morgan fingerprint density at radius 3 is 2.70 bits per heavy atom. The maximum atomic E-state index is 12.1. The smallest absolute Gasteiger partial charge is 0.416 e. The molecule has 6 heteroatoms. The van der Waals surface area contributed by atoms with Gasteiger partial charge < -0.3 is 9.47 Å². The summed E-state index contributed by atoms with van der Waals surface area (Å²) >= 11 is 0. The van der Waals surface area contributed by atoms with Crippen LogP contribution >= 0.6 is 0 Å². The number of aromatic nitrogens is 1. The van der Waals surface area contributed by atoms with Crippen molar-refractivity contribution < 1.29 is 19.1 Å². The van der Waals surface area contributed by atoms with Gasteiger partial charge in [-0.15, -0.1) is 0 Å². The first-order chi connectivity index (χ1) is 9.28. The third-order valence-corrected chi connectivity index (χ3v) is 2.68. The van der Waals surface area contributed by atoms with E-state index in [2.05, 4.69) is 4.98 Å². The highest BCUT2D eigenvalue weighted by Crippen LogP contribution is 2.31. The van der Waals surface area contributed by atoms with Gasteiger partial charge in [-0.3, -0.25) is 9.69 Å². The van der Waals surface area contributed by atoms with Gasteiger partial charge in [-0.1, -0.05) is 0 Å². The SMILES string of the molecule is CC(=O)c1cnc2c(c1)OCCN2C(=O)OC(C)(C)C. The lowest BCUT2D eigenvalue weighted by Gasteiger charge is -2.30. The Morgan fingerprint density at radius 1 is 1.40 bits per heavy atom. The molecule has 6 nitrogen and oxygen atoms in total. The minimum atomic E-state index is -0.575. The van der Waals surface area contributed by atoms with Crippen molar-refractivity contribution in [1.29, 1.82) is 0 Å².